The number of halogens is 2. The summed E-state index contributed by atoms with van der Waals surface area (Å²) in [4.78, 5) is 11.8. The van der Waals surface area contributed by atoms with Gasteiger partial charge in [-0.25, -0.2) is 9.18 Å². The molecule has 0 spiro atoms. The zero-order valence-corrected chi connectivity index (χ0v) is 11.4. The number of para-hydroxylation sites is 2. The highest BCUT2D eigenvalue weighted by Crippen LogP contribution is 2.20. The number of fused-ring (bicyclic) bond motifs is 1. The maximum absolute atomic E-state index is 13.0. The van der Waals surface area contributed by atoms with Gasteiger partial charge in [-0.05, 0) is 29.8 Å². The van der Waals surface area contributed by atoms with Gasteiger partial charge in [0, 0.05) is 4.47 Å². The number of rotatable bonds is 2. The summed E-state index contributed by atoms with van der Waals surface area (Å²) in [6.45, 7) is 0.330. The van der Waals surface area contributed by atoms with E-state index in [0.717, 1.165) is 11.1 Å². The molecule has 0 radical (unpaired) electrons. The highest BCUT2D eigenvalue weighted by atomic mass is 79.9. The molecule has 0 N–H and O–H groups in total. The zero-order valence-electron chi connectivity index (χ0n) is 9.77. The van der Waals surface area contributed by atoms with E-state index in [0.29, 0.717) is 16.6 Å². The van der Waals surface area contributed by atoms with Crippen LogP contribution >= 0.6 is 15.9 Å². The minimum atomic E-state index is -0.419. The first-order valence-corrected chi connectivity index (χ1v) is 6.47. The summed E-state index contributed by atoms with van der Waals surface area (Å²) in [5, 5.41) is 0. The summed E-state index contributed by atoms with van der Waals surface area (Å²) in [6.07, 6.45) is 0. The molecular formula is C14H9BrFNO2. The number of aromatic nitrogens is 1. The van der Waals surface area contributed by atoms with E-state index in [-0.39, 0.29) is 5.82 Å². The normalized spacial score (nSPS) is 11.1. The lowest BCUT2D eigenvalue weighted by Crippen LogP contribution is -2.15. The van der Waals surface area contributed by atoms with Gasteiger partial charge < -0.3 is 4.42 Å². The van der Waals surface area contributed by atoms with Crippen LogP contribution in [0.1, 0.15) is 5.56 Å². The van der Waals surface area contributed by atoms with Crippen molar-refractivity contribution in [3.8, 4) is 0 Å². The van der Waals surface area contributed by atoms with E-state index >= 15 is 0 Å². The van der Waals surface area contributed by atoms with E-state index < -0.39 is 5.76 Å². The Labute approximate surface area is 116 Å². The van der Waals surface area contributed by atoms with Crippen LogP contribution in [0, 0.1) is 5.82 Å². The van der Waals surface area contributed by atoms with E-state index in [1.165, 1.54) is 16.7 Å². The van der Waals surface area contributed by atoms with Crippen LogP contribution in [0.2, 0.25) is 0 Å². The van der Waals surface area contributed by atoms with Gasteiger partial charge in [0.05, 0.1) is 12.1 Å². The summed E-state index contributed by atoms with van der Waals surface area (Å²) < 4.78 is 20.3. The van der Waals surface area contributed by atoms with Gasteiger partial charge in [-0.15, -0.1) is 0 Å². The van der Waals surface area contributed by atoms with Crippen molar-refractivity contribution in [3.05, 3.63) is 68.9 Å². The van der Waals surface area contributed by atoms with E-state index in [1.54, 1.807) is 12.1 Å². The Balaban J connectivity index is 2.10. The van der Waals surface area contributed by atoms with Crippen molar-refractivity contribution in [3.63, 3.8) is 0 Å². The van der Waals surface area contributed by atoms with Crippen LogP contribution in [-0.2, 0) is 6.54 Å². The Morgan fingerprint density at radius 1 is 1.21 bits per heavy atom. The molecule has 1 aromatic heterocycles. The highest BCUT2D eigenvalue weighted by Gasteiger charge is 2.10. The third-order valence-corrected chi connectivity index (χ3v) is 3.66. The van der Waals surface area contributed by atoms with Crippen molar-refractivity contribution < 1.29 is 8.81 Å². The van der Waals surface area contributed by atoms with Gasteiger partial charge in [-0.2, -0.15) is 0 Å². The van der Waals surface area contributed by atoms with Crippen LogP contribution in [0.5, 0.6) is 0 Å². The fourth-order valence-electron chi connectivity index (χ4n) is 1.98. The molecule has 0 aliphatic rings. The van der Waals surface area contributed by atoms with Gasteiger partial charge >= 0.3 is 5.76 Å². The summed E-state index contributed by atoms with van der Waals surface area (Å²) in [6, 6.07) is 11.6. The van der Waals surface area contributed by atoms with E-state index in [2.05, 4.69) is 15.9 Å². The second-order valence-electron chi connectivity index (χ2n) is 4.16. The van der Waals surface area contributed by atoms with Crippen molar-refractivity contribution in [2.24, 2.45) is 0 Å². The van der Waals surface area contributed by atoms with Crippen LogP contribution < -0.4 is 5.76 Å². The van der Waals surface area contributed by atoms with Crippen LogP contribution in [0.15, 0.2) is 56.1 Å². The van der Waals surface area contributed by atoms with E-state index in [1.807, 2.05) is 18.2 Å². The smallest absolute Gasteiger partial charge is 0.408 e. The maximum Gasteiger partial charge on any atom is 0.420 e. The molecule has 0 amide bonds. The summed E-state index contributed by atoms with van der Waals surface area (Å²) in [5.41, 5.74) is 2.09. The number of hydrogen-bond donors (Lipinski definition) is 0. The van der Waals surface area contributed by atoms with Gasteiger partial charge in [0.2, 0.25) is 0 Å². The van der Waals surface area contributed by atoms with Gasteiger partial charge in [0.1, 0.15) is 5.82 Å². The molecule has 0 saturated heterocycles. The van der Waals surface area contributed by atoms with Gasteiger partial charge in [0.25, 0.3) is 0 Å². The number of hydrogen-bond acceptors (Lipinski definition) is 2. The van der Waals surface area contributed by atoms with Gasteiger partial charge in [-0.1, -0.05) is 34.1 Å². The molecule has 3 nitrogen and oxygen atoms in total. The second kappa shape index (κ2) is 4.66. The number of oxazole rings is 1. The first-order chi connectivity index (χ1) is 9.15. The third-order valence-electron chi connectivity index (χ3n) is 2.92. The van der Waals surface area contributed by atoms with Crippen molar-refractivity contribution in [1.29, 1.82) is 0 Å². The van der Waals surface area contributed by atoms with Crippen molar-refractivity contribution in [2.75, 3.05) is 0 Å². The zero-order chi connectivity index (χ0) is 13.4. The van der Waals surface area contributed by atoms with Crippen molar-refractivity contribution in [2.45, 2.75) is 6.54 Å². The second-order valence-corrected chi connectivity index (χ2v) is 5.01. The molecule has 0 atom stereocenters. The van der Waals surface area contributed by atoms with Crippen LogP contribution in [0.3, 0.4) is 0 Å². The van der Waals surface area contributed by atoms with Crippen LogP contribution in [0.25, 0.3) is 11.1 Å². The lowest BCUT2D eigenvalue weighted by Gasteiger charge is -2.05. The quantitative estimate of drug-likeness (QED) is 0.723. The summed E-state index contributed by atoms with van der Waals surface area (Å²) in [5.74, 6) is -0.738. The predicted molar refractivity (Wildman–Crippen MR) is 73.7 cm³/mol. The molecule has 2 aromatic carbocycles. The molecule has 3 aromatic rings. The molecule has 0 saturated carbocycles. The van der Waals surface area contributed by atoms with Crippen LogP contribution in [0.4, 0.5) is 4.39 Å². The lowest BCUT2D eigenvalue weighted by molar-refractivity contribution is 0.517. The van der Waals surface area contributed by atoms with Gasteiger partial charge in [-0.3, -0.25) is 4.57 Å². The Morgan fingerprint density at radius 2 is 2.00 bits per heavy atom. The first kappa shape index (κ1) is 12.2. The summed E-state index contributed by atoms with van der Waals surface area (Å²) >= 11 is 3.30. The standard InChI is InChI=1S/C14H9BrFNO2/c15-11-7-10(16)6-5-9(11)8-17-12-3-1-2-4-13(12)19-14(17)18/h1-7H,8H2. The third kappa shape index (κ3) is 2.21. The molecule has 3 rings (SSSR count). The predicted octanol–water partition coefficient (Wildman–Crippen LogP) is 3.54. The molecule has 0 aliphatic carbocycles. The monoisotopic (exact) mass is 321 g/mol. The Morgan fingerprint density at radius 3 is 2.79 bits per heavy atom. The Kier molecular flexibility index (Phi) is 2.98. The number of benzene rings is 2. The highest BCUT2D eigenvalue weighted by molar-refractivity contribution is 9.10. The first-order valence-electron chi connectivity index (χ1n) is 5.67. The van der Waals surface area contributed by atoms with E-state index in [9.17, 15) is 9.18 Å². The minimum Gasteiger partial charge on any atom is -0.408 e. The largest absolute Gasteiger partial charge is 0.420 e. The van der Waals surface area contributed by atoms with Crippen LogP contribution in [-0.4, -0.2) is 4.57 Å². The van der Waals surface area contributed by atoms with Gasteiger partial charge in [0.15, 0.2) is 5.58 Å². The minimum absolute atomic E-state index is 0.319. The maximum atomic E-state index is 13.0. The molecule has 5 heteroatoms. The van der Waals surface area contributed by atoms with E-state index in [4.69, 9.17) is 4.42 Å². The Bertz CT molecular complexity index is 807. The molecule has 96 valence electrons. The molecule has 0 aliphatic heterocycles. The molecule has 1 heterocycles. The fraction of sp³-hybridized carbons (Fsp3) is 0.0714. The molecular weight excluding hydrogens is 313 g/mol. The fourth-order valence-corrected chi connectivity index (χ4v) is 2.46. The number of nitrogens with zero attached hydrogens (tertiary/aromatic N) is 1. The lowest BCUT2D eigenvalue weighted by atomic mass is 10.2. The molecule has 0 bridgehead atoms. The van der Waals surface area contributed by atoms with Crippen molar-refractivity contribution in [1.82, 2.24) is 4.57 Å². The molecule has 19 heavy (non-hydrogen) atoms. The molecule has 0 unspecified atom stereocenters. The SMILES string of the molecule is O=c1oc2ccccc2n1Cc1ccc(F)cc1Br. The van der Waals surface area contributed by atoms with Crippen molar-refractivity contribution >= 4 is 27.0 Å². The molecule has 0 fully saturated rings. The average molecular weight is 322 g/mol. The Hall–Kier alpha value is -1.88. The topological polar surface area (TPSA) is 35.1 Å². The average Bonchev–Trinajstić information content (AvgIpc) is 2.69. The summed E-state index contributed by atoms with van der Waals surface area (Å²) in [7, 11) is 0.